The molecule has 4 N–H and O–H groups in total. The Kier molecular flexibility index (Phi) is 10.7. The van der Waals surface area contributed by atoms with Gasteiger partial charge in [-0.3, -0.25) is 9.59 Å². The number of nitrogens with zero attached hydrogens (tertiary/aromatic N) is 4. The Morgan fingerprint density at radius 3 is 2.25 bits per heavy atom. The lowest BCUT2D eigenvalue weighted by Crippen LogP contribution is -2.51. The Hall–Kier alpha value is -6.64. The summed E-state index contributed by atoms with van der Waals surface area (Å²) < 4.78 is 16.1. The number of benzene rings is 3. The van der Waals surface area contributed by atoms with Gasteiger partial charge in [-0.2, -0.15) is 0 Å². The molecule has 0 saturated carbocycles. The van der Waals surface area contributed by atoms with Crippen molar-refractivity contribution in [2.45, 2.75) is 83.1 Å². The van der Waals surface area contributed by atoms with Crippen LogP contribution in [0.4, 0.5) is 9.59 Å². The van der Waals surface area contributed by atoms with Gasteiger partial charge in [-0.15, -0.1) is 0 Å². The number of aromatic nitrogens is 4. The summed E-state index contributed by atoms with van der Waals surface area (Å²) in [6, 6.07) is 17.8. The predicted molar refractivity (Wildman–Crippen MR) is 225 cm³/mol. The third kappa shape index (κ3) is 7.46. The molecule has 0 radical (unpaired) electrons. The maximum atomic E-state index is 14.0. The number of likely N-dealkylation sites (tertiary alicyclic amines) is 2. The lowest BCUT2D eigenvalue weighted by Gasteiger charge is -2.30. The molecule has 15 nitrogen and oxygen atoms in total. The molecule has 2 saturated heterocycles. The highest BCUT2D eigenvalue weighted by atomic mass is 16.5. The van der Waals surface area contributed by atoms with E-state index in [4.69, 9.17) is 24.2 Å². The molecule has 9 rings (SSSR count). The Balaban J connectivity index is 0.934. The number of methoxy groups -OCH3 is 2. The van der Waals surface area contributed by atoms with Crippen LogP contribution in [0, 0.1) is 5.92 Å². The molecule has 5 aromatic rings. The van der Waals surface area contributed by atoms with E-state index in [0.717, 1.165) is 95.0 Å². The minimum Gasteiger partial charge on any atom is -0.488 e. The van der Waals surface area contributed by atoms with Crippen LogP contribution in [0.25, 0.3) is 33.6 Å². The van der Waals surface area contributed by atoms with Gasteiger partial charge in [0.1, 0.15) is 36.1 Å². The summed E-state index contributed by atoms with van der Waals surface area (Å²) in [6.45, 7) is 5.35. The molecule has 3 aromatic carbocycles. The van der Waals surface area contributed by atoms with E-state index < -0.39 is 24.3 Å². The number of carbonyl (C=O) groups excluding carboxylic acids is 4. The average molecular weight is 827 g/mol. The van der Waals surface area contributed by atoms with Gasteiger partial charge in [-0.05, 0) is 90.5 Å². The molecule has 0 spiro atoms. The van der Waals surface area contributed by atoms with Crippen LogP contribution in [0.2, 0.25) is 0 Å². The van der Waals surface area contributed by atoms with Crippen molar-refractivity contribution in [1.82, 2.24) is 40.4 Å². The first-order valence-electron chi connectivity index (χ1n) is 21.0. The Morgan fingerprint density at radius 2 is 1.51 bits per heavy atom. The van der Waals surface area contributed by atoms with E-state index >= 15 is 0 Å². The van der Waals surface area contributed by atoms with Gasteiger partial charge in [0.05, 0.1) is 43.9 Å². The number of nitrogens with one attached hydrogen (secondary N) is 4. The Morgan fingerprint density at radius 1 is 0.787 bits per heavy atom. The summed E-state index contributed by atoms with van der Waals surface area (Å²) in [6.07, 6.45) is 5.32. The van der Waals surface area contributed by atoms with Crippen molar-refractivity contribution >= 4 is 24.0 Å². The van der Waals surface area contributed by atoms with Gasteiger partial charge < -0.3 is 44.6 Å². The molecule has 2 aromatic heterocycles. The van der Waals surface area contributed by atoms with E-state index in [-0.39, 0.29) is 29.8 Å². The van der Waals surface area contributed by atoms with Crippen LogP contribution in [0.5, 0.6) is 5.75 Å². The normalized spacial score (nSPS) is 18.6. The molecule has 4 atom stereocenters. The van der Waals surface area contributed by atoms with Crippen molar-refractivity contribution in [1.29, 1.82) is 0 Å². The van der Waals surface area contributed by atoms with Gasteiger partial charge >= 0.3 is 12.2 Å². The molecule has 15 heteroatoms. The van der Waals surface area contributed by atoms with Crippen LogP contribution >= 0.6 is 0 Å². The van der Waals surface area contributed by atoms with Crippen molar-refractivity contribution in [3.63, 3.8) is 0 Å². The third-order valence-corrected chi connectivity index (χ3v) is 12.5. The highest BCUT2D eigenvalue weighted by Gasteiger charge is 2.40. The maximum Gasteiger partial charge on any atom is 0.407 e. The van der Waals surface area contributed by atoms with Crippen LogP contribution in [0.15, 0.2) is 66.9 Å². The first kappa shape index (κ1) is 39.8. The van der Waals surface area contributed by atoms with Gasteiger partial charge in [-0.25, -0.2) is 19.6 Å². The molecule has 2 fully saturated rings. The fourth-order valence-electron chi connectivity index (χ4n) is 9.37. The van der Waals surface area contributed by atoms with Gasteiger partial charge in [0.2, 0.25) is 5.91 Å². The van der Waals surface area contributed by atoms with Gasteiger partial charge in [0.15, 0.2) is 0 Å². The number of ether oxygens (including phenoxy) is 3. The minimum atomic E-state index is -0.890. The molecule has 1 aliphatic carbocycles. The van der Waals surface area contributed by atoms with Crippen LogP contribution < -0.4 is 15.4 Å². The van der Waals surface area contributed by atoms with Crippen molar-refractivity contribution in [3.05, 3.63) is 101 Å². The number of rotatable bonds is 9. The van der Waals surface area contributed by atoms with Crippen LogP contribution in [-0.4, -0.2) is 87.1 Å². The second-order valence-corrected chi connectivity index (χ2v) is 16.5. The SMILES string of the molecule is COC(=O)NC(C(=O)N1CCCC1c1ncc(-c2ccc3c(c2)COc2cc4c(cc2-3)CCc2[nH]c([C@@H]3CCCN3C(=O)[C@@H](NC(=O)OC)C(C)C)nc2-4)[nH]1)c1ccccc1. The van der Waals surface area contributed by atoms with E-state index in [9.17, 15) is 19.2 Å². The number of hydrogen-bond donors (Lipinski definition) is 4. The van der Waals surface area contributed by atoms with Gasteiger partial charge in [0, 0.05) is 29.9 Å². The number of alkyl carbamates (subject to hydrolysis) is 2. The fraction of sp³-hybridized carbons (Fsp3) is 0.391. The number of imidazole rings is 2. The predicted octanol–water partition coefficient (Wildman–Crippen LogP) is 6.93. The topological polar surface area (TPSA) is 184 Å². The Labute approximate surface area is 353 Å². The molecular weight excluding hydrogens is 777 g/mol. The third-order valence-electron chi connectivity index (χ3n) is 12.5. The number of amides is 4. The number of hydrogen-bond acceptors (Lipinski definition) is 9. The smallest absolute Gasteiger partial charge is 0.407 e. The number of carbonyl (C=O) groups is 4. The molecule has 3 aliphatic heterocycles. The molecule has 61 heavy (non-hydrogen) atoms. The molecular formula is C46H50N8O7. The number of H-pyrrole nitrogens is 2. The summed E-state index contributed by atoms with van der Waals surface area (Å²) in [5, 5.41) is 5.45. The van der Waals surface area contributed by atoms with Gasteiger partial charge in [0.25, 0.3) is 5.91 Å². The second kappa shape index (κ2) is 16.4. The fourth-order valence-corrected chi connectivity index (χ4v) is 9.37. The van der Waals surface area contributed by atoms with Gasteiger partial charge in [-0.1, -0.05) is 56.3 Å². The lowest BCUT2D eigenvalue weighted by atomic mass is 9.86. The summed E-state index contributed by atoms with van der Waals surface area (Å²) in [5.41, 5.74) is 9.85. The second-order valence-electron chi connectivity index (χ2n) is 16.5. The van der Waals surface area contributed by atoms with E-state index in [2.05, 4.69) is 50.9 Å². The molecule has 316 valence electrons. The van der Waals surface area contributed by atoms with Crippen LogP contribution in [0.1, 0.15) is 91.7 Å². The lowest BCUT2D eigenvalue weighted by molar-refractivity contribution is -0.135. The molecule has 5 heterocycles. The van der Waals surface area contributed by atoms with E-state index in [1.165, 1.54) is 19.8 Å². The molecule has 4 amide bonds. The zero-order valence-electron chi connectivity index (χ0n) is 34.7. The highest BCUT2D eigenvalue weighted by Crippen LogP contribution is 2.46. The summed E-state index contributed by atoms with van der Waals surface area (Å²) in [5.74, 6) is 1.80. The van der Waals surface area contributed by atoms with E-state index in [1.807, 2.05) is 55.3 Å². The van der Waals surface area contributed by atoms with Crippen molar-refractivity contribution in [2.75, 3.05) is 27.3 Å². The maximum absolute atomic E-state index is 14.0. The van der Waals surface area contributed by atoms with Crippen LogP contribution in [0.3, 0.4) is 0 Å². The summed E-state index contributed by atoms with van der Waals surface area (Å²) >= 11 is 0. The number of aromatic amines is 2. The summed E-state index contributed by atoms with van der Waals surface area (Å²) in [4.78, 5) is 72.8. The van der Waals surface area contributed by atoms with Crippen molar-refractivity contribution < 1.29 is 33.4 Å². The van der Waals surface area contributed by atoms with Crippen molar-refractivity contribution in [3.8, 4) is 39.4 Å². The molecule has 2 unspecified atom stereocenters. The minimum absolute atomic E-state index is 0.114. The first-order chi connectivity index (χ1) is 29.6. The zero-order chi connectivity index (χ0) is 42.4. The van der Waals surface area contributed by atoms with E-state index in [0.29, 0.717) is 31.1 Å². The number of aryl methyl sites for hydroxylation is 2. The highest BCUT2D eigenvalue weighted by molar-refractivity contribution is 5.88. The monoisotopic (exact) mass is 826 g/mol. The quantitative estimate of drug-likeness (QED) is 0.122. The first-order valence-corrected chi connectivity index (χ1v) is 21.0. The standard InChI is InChI=1S/C46H50N8O7/c1-25(2)38(51-45(57)59-3)43(55)54-19-9-13-36(54)42-48-33-17-15-27-21-32-30-16-14-28(20-29(30)24-61-37(32)22-31(27)40(33)50-42)34-23-47-41(49-34)35-12-8-18-53(35)44(56)39(52-46(58)60-4)26-10-6-5-7-11-26/h5-7,10-11,14,16,20-23,25,35-36,38-39H,8-9,12-13,15,17-19,24H2,1-4H3,(H,47,49)(H,48,50)(H,51,57)(H,52,58)/t35?,36-,38-,39?/m0/s1. The van der Waals surface area contributed by atoms with Crippen molar-refractivity contribution in [2.24, 2.45) is 5.92 Å². The average Bonchev–Trinajstić information content (AvgIpc) is 4.13. The zero-order valence-corrected chi connectivity index (χ0v) is 34.7. The van der Waals surface area contributed by atoms with E-state index in [1.54, 1.807) is 4.90 Å². The number of fused-ring (bicyclic) bond motifs is 6. The largest absolute Gasteiger partial charge is 0.488 e. The van der Waals surface area contributed by atoms with Crippen LogP contribution in [-0.2, 0) is 38.5 Å². The molecule has 4 aliphatic rings. The summed E-state index contributed by atoms with van der Waals surface area (Å²) in [7, 11) is 2.58. The molecule has 0 bridgehead atoms. The Bertz CT molecular complexity index is 2500.